The molecule has 0 fully saturated rings. The van der Waals surface area contributed by atoms with Crippen LogP contribution in [0.5, 0.6) is 0 Å². The van der Waals surface area contributed by atoms with Gasteiger partial charge in [0, 0.05) is 13.5 Å². The summed E-state index contributed by atoms with van der Waals surface area (Å²) in [6.45, 7) is 7.32. The Bertz CT molecular complexity index is 532. The van der Waals surface area contributed by atoms with Gasteiger partial charge in [0.15, 0.2) is 6.23 Å². The van der Waals surface area contributed by atoms with Crippen molar-refractivity contribution in [3.63, 3.8) is 0 Å². The number of unbranched alkanes of at least 4 members (excludes halogenated alkanes) is 1. The van der Waals surface area contributed by atoms with Gasteiger partial charge in [-0.1, -0.05) is 36.4 Å². The van der Waals surface area contributed by atoms with Crippen molar-refractivity contribution in [1.29, 1.82) is 0 Å². The van der Waals surface area contributed by atoms with E-state index in [2.05, 4.69) is 11.9 Å². The van der Waals surface area contributed by atoms with Gasteiger partial charge < -0.3 is 14.2 Å². The molecule has 0 bridgehead atoms. The standard InChI is InChI=1S/C19H27NO5/c1-4-6-8-13-17(25-15(3)21)18(23-5-2)20-19(22)24-14-16-11-9-7-10-12-16/h4,7,9-12,17-18H,1,5-6,8,13-14H2,2-3H3,(H,20,22). The first-order chi connectivity index (χ1) is 12.1. The van der Waals surface area contributed by atoms with Gasteiger partial charge in [-0.2, -0.15) is 0 Å². The summed E-state index contributed by atoms with van der Waals surface area (Å²) in [4.78, 5) is 23.4. The minimum Gasteiger partial charge on any atom is -0.458 e. The molecule has 0 spiro atoms. The van der Waals surface area contributed by atoms with Crippen LogP contribution in [0.4, 0.5) is 4.79 Å². The molecule has 0 aliphatic carbocycles. The van der Waals surface area contributed by atoms with E-state index < -0.39 is 24.4 Å². The van der Waals surface area contributed by atoms with E-state index in [9.17, 15) is 9.59 Å². The van der Waals surface area contributed by atoms with Gasteiger partial charge in [0.05, 0.1) is 0 Å². The van der Waals surface area contributed by atoms with Gasteiger partial charge in [0.2, 0.25) is 0 Å². The number of alkyl carbamates (subject to hydrolysis) is 1. The number of carbonyl (C=O) groups excluding carboxylic acids is 2. The molecule has 0 saturated carbocycles. The number of amides is 1. The van der Waals surface area contributed by atoms with Gasteiger partial charge in [-0.3, -0.25) is 10.1 Å². The van der Waals surface area contributed by atoms with Gasteiger partial charge >= 0.3 is 12.1 Å². The second-order valence-corrected chi connectivity index (χ2v) is 5.45. The van der Waals surface area contributed by atoms with Crippen molar-refractivity contribution in [2.24, 2.45) is 0 Å². The van der Waals surface area contributed by atoms with E-state index in [1.807, 2.05) is 30.3 Å². The fourth-order valence-corrected chi connectivity index (χ4v) is 2.25. The number of ether oxygens (including phenoxy) is 3. The summed E-state index contributed by atoms with van der Waals surface area (Å²) < 4.78 is 16.0. The minimum atomic E-state index is -0.762. The Balaban J connectivity index is 2.61. The van der Waals surface area contributed by atoms with E-state index in [0.717, 1.165) is 18.4 Å². The quantitative estimate of drug-likeness (QED) is 0.286. The van der Waals surface area contributed by atoms with Gasteiger partial charge in [0.1, 0.15) is 12.7 Å². The van der Waals surface area contributed by atoms with E-state index >= 15 is 0 Å². The first-order valence-corrected chi connectivity index (χ1v) is 8.43. The van der Waals surface area contributed by atoms with Crippen LogP contribution >= 0.6 is 0 Å². The van der Waals surface area contributed by atoms with E-state index in [1.54, 1.807) is 13.0 Å². The second kappa shape index (κ2) is 12.1. The number of benzene rings is 1. The number of hydrogen-bond acceptors (Lipinski definition) is 5. The fraction of sp³-hybridized carbons (Fsp3) is 0.474. The molecule has 2 atom stereocenters. The van der Waals surface area contributed by atoms with E-state index in [0.29, 0.717) is 13.0 Å². The van der Waals surface area contributed by atoms with Crippen molar-refractivity contribution in [1.82, 2.24) is 5.32 Å². The fourth-order valence-electron chi connectivity index (χ4n) is 2.25. The van der Waals surface area contributed by atoms with Crippen LogP contribution < -0.4 is 5.32 Å². The van der Waals surface area contributed by atoms with Crippen molar-refractivity contribution >= 4 is 12.1 Å². The van der Waals surface area contributed by atoms with Crippen molar-refractivity contribution in [3.8, 4) is 0 Å². The Hall–Kier alpha value is -2.34. The molecule has 0 aromatic heterocycles. The Morgan fingerprint density at radius 2 is 2.00 bits per heavy atom. The van der Waals surface area contributed by atoms with Gasteiger partial charge in [-0.15, -0.1) is 6.58 Å². The molecule has 6 heteroatoms. The molecule has 0 heterocycles. The van der Waals surface area contributed by atoms with Crippen LogP contribution in [-0.2, 0) is 25.6 Å². The van der Waals surface area contributed by atoms with Crippen molar-refractivity contribution in [2.75, 3.05) is 6.61 Å². The maximum atomic E-state index is 12.1. The molecule has 2 unspecified atom stereocenters. The molecule has 1 amide bonds. The number of allylic oxidation sites excluding steroid dienone is 1. The molecular formula is C19H27NO5. The summed E-state index contributed by atoms with van der Waals surface area (Å²) in [5.74, 6) is -0.423. The molecule has 0 aliphatic rings. The Morgan fingerprint density at radius 1 is 1.28 bits per heavy atom. The Kier molecular flexibility index (Phi) is 10.0. The maximum absolute atomic E-state index is 12.1. The number of nitrogens with one attached hydrogen (secondary N) is 1. The number of rotatable bonds is 11. The first-order valence-electron chi connectivity index (χ1n) is 8.43. The lowest BCUT2D eigenvalue weighted by Crippen LogP contribution is -2.47. The van der Waals surface area contributed by atoms with E-state index in [1.165, 1.54) is 6.92 Å². The SMILES string of the molecule is C=CCCCC(OC(C)=O)C(NC(=O)OCc1ccccc1)OCC. The largest absolute Gasteiger partial charge is 0.458 e. The summed E-state index contributed by atoms with van der Waals surface area (Å²) in [5, 5.41) is 2.63. The monoisotopic (exact) mass is 349 g/mol. The summed E-state index contributed by atoms with van der Waals surface area (Å²) >= 11 is 0. The molecule has 0 radical (unpaired) electrons. The highest BCUT2D eigenvalue weighted by atomic mass is 16.6. The highest BCUT2D eigenvalue weighted by Crippen LogP contribution is 2.12. The van der Waals surface area contributed by atoms with E-state index in [4.69, 9.17) is 14.2 Å². The van der Waals surface area contributed by atoms with Crippen LogP contribution in [-0.4, -0.2) is 31.0 Å². The smallest absolute Gasteiger partial charge is 0.409 e. The third kappa shape index (κ3) is 8.91. The van der Waals surface area contributed by atoms with Crippen molar-refractivity contribution in [3.05, 3.63) is 48.6 Å². The number of carbonyl (C=O) groups is 2. The predicted octanol–water partition coefficient (Wildman–Crippen LogP) is 3.56. The molecule has 1 rings (SSSR count). The highest BCUT2D eigenvalue weighted by Gasteiger charge is 2.26. The minimum absolute atomic E-state index is 0.153. The molecular weight excluding hydrogens is 322 g/mol. The molecule has 138 valence electrons. The molecule has 1 aromatic rings. The van der Waals surface area contributed by atoms with Crippen LogP contribution in [0, 0.1) is 0 Å². The van der Waals surface area contributed by atoms with Crippen molar-refractivity contribution in [2.45, 2.75) is 52.0 Å². The lowest BCUT2D eigenvalue weighted by Gasteiger charge is -2.27. The van der Waals surface area contributed by atoms with Crippen LogP contribution in [0.1, 0.15) is 38.7 Å². The van der Waals surface area contributed by atoms with Gasteiger partial charge in [-0.05, 0) is 31.7 Å². The lowest BCUT2D eigenvalue weighted by molar-refractivity contribution is -0.157. The normalized spacial score (nSPS) is 12.7. The van der Waals surface area contributed by atoms with E-state index in [-0.39, 0.29) is 6.61 Å². The van der Waals surface area contributed by atoms with Crippen molar-refractivity contribution < 1.29 is 23.8 Å². The molecule has 0 saturated heterocycles. The summed E-state index contributed by atoms with van der Waals surface area (Å²) in [7, 11) is 0. The van der Waals surface area contributed by atoms with Crippen LogP contribution in [0.2, 0.25) is 0 Å². The van der Waals surface area contributed by atoms with Gasteiger partial charge in [0.25, 0.3) is 0 Å². The van der Waals surface area contributed by atoms with Gasteiger partial charge in [-0.25, -0.2) is 4.79 Å². The zero-order valence-electron chi connectivity index (χ0n) is 14.9. The maximum Gasteiger partial charge on any atom is 0.409 e. The molecule has 25 heavy (non-hydrogen) atoms. The third-order valence-electron chi connectivity index (χ3n) is 3.37. The number of esters is 1. The van der Waals surface area contributed by atoms with Crippen LogP contribution in [0.25, 0.3) is 0 Å². The Morgan fingerprint density at radius 3 is 2.60 bits per heavy atom. The average molecular weight is 349 g/mol. The summed E-state index contributed by atoms with van der Waals surface area (Å²) in [5.41, 5.74) is 0.883. The van der Waals surface area contributed by atoms with Crippen LogP contribution in [0.15, 0.2) is 43.0 Å². The topological polar surface area (TPSA) is 73.9 Å². The highest BCUT2D eigenvalue weighted by molar-refractivity contribution is 5.68. The molecule has 1 N–H and O–H groups in total. The Labute approximate surface area is 149 Å². The first kappa shape index (κ1) is 20.7. The predicted molar refractivity (Wildman–Crippen MR) is 94.8 cm³/mol. The summed E-state index contributed by atoms with van der Waals surface area (Å²) in [6.07, 6.45) is 1.94. The van der Waals surface area contributed by atoms with Crippen LogP contribution in [0.3, 0.4) is 0 Å². The zero-order chi connectivity index (χ0) is 18.5. The summed E-state index contributed by atoms with van der Waals surface area (Å²) in [6, 6.07) is 9.36. The molecule has 6 nitrogen and oxygen atoms in total. The lowest BCUT2D eigenvalue weighted by atomic mass is 10.1. The average Bonchev–Trinajstić information content (AvgIpc) is 2.59. The molecule has 1 aromatic carbocycles. The third-order valence-corrected chi connectivity index (χ3v) is 3.37. The number of hydrogen-bond donors (Lipinski definition) is 1. The second-order valence-electron chi connectivity index (χ2n) is 5.45. The zero-order valence-corrected chi connectivity index (χ0v) is 14.9. The molecule has 0 aliphatic heterocycles.